The van der Waals surface area contributed by atoms with E-state index in [0.29, 0.717) is 0 Å². The first-order chi connectivity index (χ1) is 6.06. The normalized spacial score (nSPS) is 19.9. The predicted octanol–water partition coefficient (Wildman–Crippen LogP) is 2.68. The topological polar surface area (TPSA) is 12.9 Å². The van der Waals surface area contributed by atoms with Crippen LogP contribution in [0.1, 0.15) is 18.5 Å². The Bertz CT molecular complexity index is 300. The molecule has 1 aromatic rings. The maximum atomic E-state index is 12.5. The molecule has 1 aliphatic carbocycles. The predicted molar refractivity (Wildman–Crippen MR) is 41.2 cm³/mol. The highest BCUT2D eigenvalue weighted by molar-refractivity contribution is 5.27. The fraction of sp³-hybridized carbons (Fsp3) is 0.444. The van der Waals surface area contributed by atoms with Crippen molar-refractivity contribution in [3.05, 3.63) is 30.1 Å². The lowest BCUT2D eigenvalue weighted by molar-refractivity contribution is -0.161. The van der Waals surface area contributed by atoms with Gasteiger partial charge in [-0.25, -0.2) is 0 Å². The van der Waals surface area contributed by atoms with Gasteiger partial charge in [-0.2, -0.15) is 13.2 Å². The molecule has 0 spiro atoms. The van der Waals surface area contributed by atoms with Gasteiger partial charge in [-0.05, 0) is 25.0 Å². The van der Waals surface area contributed by atoms with Gasteiger partial charge in [-0.3, -0.25) is 4.98 Å². The number of hydrogen-bond acceptors (Lipinski definition) is 1. The summed E-state index contributed by atoms with van der Waals surface area (Å²) in [6.45, 7) is 0. The van der Waals surface area contributed by atoms with Crippen LogP contribution in [-0.2, 0) is 5.41 Å². The first-order valence-electron chi connectivity index (χ1n) is 4.04. The quantitative estimate of drug-likeness (QED) is 0.658. The van der Waals surface area contributed by atoms with Gasteiger partial charge < -0.3 is 0 Å². The highest BCUT2D eigenvalue weighted by Crippen LogP contribution is 2.58. The minimum Gasteiger partial charge on any atom is -0.260 e. The SMILES string of the molecule is FC(F)(F)C1(c2ccccn2)CC1. The fourth-order valence-electron chi connectivity index (χ4n) is 1.46. The van der Waals surface area contributed by atoms with Crippen LogP contribution in [-0.4, -0.2) is 11.2 Å². The van der Waals surface area contributed by atoms with E-state index in [1.807, 2.05) is 0 Å². The number of rotatable bonds is 1. The summed E-state index contributed by atoms with van der Waals surface area (Å²) in [6.07, 6.45) is -2.40. The summed E-state index contributed by atoms with van der Waals surface area (Å²) in [7, 11) is 0. The molecule has 2 rings (SSSR count). The molecule has 1 heterocycles. The lowest BCUT2D eigenvalue weighted by atomic mass is 10.0. The van der Waals surface area contributed by atoms with Gasteiger partial charge in [0.25, 0.3) is 0 Å². The van der Waals surface area contributed by atoms with E-state index in [4.69, 9.17) is 0 Å². The smallest absolute Gasteiger partial charge is 0.260 e. The molecule has 0 saturated heterocycles. The average molecular weight is 187 g/mol. The Morgan fingerprint density at radius 1 is 1.23 bits per heavy atom. The molecule has 0 aliphatic heterocycles. The molecule has 4 heteroatoms. The zero-order chi connectivity index (χ0) is 9.53. The average Bonchev–Trinajstić information content (AvgIpc) is 2.84. The molecule has 0 aromatic carbocycles. The molecule has 70 valence electrons. The Morgan fingerprint density at radius 2 is 1.92 bits per heavy atom. The van der Waals surface area contributed by atoms with Crippen molar-refractivity contribution in [3.63, 3.8) is 0 Å². The lowest BCUT2D eigenvalue weighted by Crippen LogP contribution is -2.29. The Labute approximate surface area is 73.6 Å². The second-order valence-corrected chi connectivity index (χ2v) is 3.29. The van der Waals surface area contributed by atoms with Gasteiger partial charge in [0.15, 0.2) is 0 Å². The highest BCUT2D eigenvalue weighted by atomic mass is 19.4. The fourth-order valence-corrected chi connectivity index (χ4v) is 1.46. The van der Waals surface area contributed by atoms with Crippen LogP contribution in [0, 0.1) is 0 Å². The van der Waals surface area contributed by atoms with E-state index in [-0.39, 0.29) is 18.5 Å². The summed E-state index contributed by atoms with van der Waals surface area (Å²) in [5.74, 6) is 0. The van der Waals surface area contributed by atoms with Crippen molar-refractivity contribution < 1.29 is 13.2 Å². The summed E-state index contributed by atoms with van der Waals surface area (Å²) >= 11 is 0. The zero-order valence-corrected chi connectivity index (χ0v) is 6.80. The lowest BCUT2D eigenvalue weighted by Gasteiger charge is -2.17. The van der Waals surface area contributed by atoms with Crippen LogP contribution < -0.4 is 0 Å². The summed E-state index contributed by atoms with van der Waals surface area (Å²) in [6, 6.07) is 4.66. The molecule has 1 aliphatic rings. The molecule has 1 saturated carbocycles. The van der Waals surface area contributed by atoms with E-state index >= 15 is 0 Å². The number of hydrogen-bond donors (Lipinski definition) is 0. The molecule has 1 aromatic heterocycles. The first kappa shape index (κ1) is 8.53. The molecule has 1 fully saturated rings. The van der Waals surface area contributed by atoms with Crippen LogP contribution >= 0.6 is 0 Å². The maximum absolute atomic E-state index is 12.5. The van der Waals surface area contributed by atoms with Crippen LogP contribution in [0.4, 0.5) is 13.2 Å². The molecular weight excluding hydrogens is 179 g/mol. The van der Waals surface area contributed by atoms with Gasteiger partial charge in [-0.15, -0.1) is 0 Å². The Balaban J connectivity index is 2.37. The third kappa shape index (κ3) is 1.20. The van der Waals surface area contributed by atoms with Gasteiger partial charge in [0.1, 0.15) is 5.41 Å². The first-order valence-corrected chi connectivity index (χ1v) is 4.04. The second-order valence-electron chi connectivity index (χ2n) is 3.29. The molecule has 0 atom stereocenters. The van der Waals surface area contributed by atoms with Crippen LogP contribution in [0.25, 0.3) is 0 Å². The van der Waals surface area contributed by atoms with Crippen molar-refractivity contribution >= 4 is 0 Å². The van der Waals surface area contributed by atoms with E-state index in [0.717, 1.165) is 0 Å². The minimum atomic E-state index is -4.15. The van der Waals surface area contributed by atoms with Gasteiger partial charge in [0.05, 0.1) is 5.69 Å². The van der Waals surface area contributed by atoms with Crippen molar-refractivity contribution in [1.29, 1.82) is 0 Å². The summed E-state index contributed by atoms with van der Waals surface area (Å²) < 4.78 is 37.6. The number of alkyl halides is 3. The standard InChI is InChI=1S/C9H8F3N/c10-9(11,12)8(4-5-8)7-3-1-2-6-13-7/h1-3,6H,4-5H2. The monoisotopic (exact) mass is 187 g/mol. The third-order valence-electron chi connectivity index (χ3n) is 2.45. The molecule has 0 N–H and O–H groups in total. The van der Waals surface area contributed by atoms with Crippen molar-refractivity contribution in [2.75, 3.05) is 0 Å². The molecule has 1 nitrogen and oxygen atoms in total. The maximum Gasteiger partial charge on any atom is 0.399 e. The van der Waals surface area contributed by atoms with Gasteiger partial charge in [0.2, 0.25) is 0 Å². The molecule has 0 radical (unpaired) electrons. The van der Waals surface area contributed by atoms with E-state index in [9.17, 15) is 13.2 Å². The third-order valence-corrected chi connectivity index (χ3v) is 2.45. The highest BCUT2D eigenvalue weighted by Gasteiger charge is 2.65. The van der Waals surface area contributed by atoms with Gasteiger partial charge in [-0.1, -0.05) is 6.07 Å². The summed E-state index contributed by atoms with van der Waals surface area (Å²) in [5, 5.41) is 0. The second kappa shape index (κ2) is 2.47. The molecule has 13 heavy (non-hydrogen) atoms. The van der Waals surface area contributed by atoms with E-state index in [2.05, 4.69) is 4.98 Å². The Hall–Kier alpha value is -1.06. The van der Waals surface area contributed by atoms with Crippen LogP contribution in [0.2, 0.25) is 0 Å². The molecular formula is C9H8F3N. The summed E-state index contributed by atoms with van der Waals surface area (Å²) in [4.78, 5) is 3.76. The van der Waals surface area contributed by atoms with Gasteiger partial charge in [0, 0.05) is 6.20 Å². The number of nitrogens with zero attached hydrogens (tertiary/aromatic N) is 1. The van der Waals surface area contributed by atoms with Gasteiger partial charge >= 0.3 is 6.18 Å². The van der Waals surface area contributed by atoms with Crippen LogP contribution in [0.3, 0.4) is 0 Å². The van der Waals surface area contributed by atoms with Crippen molar-refractivity contribution in [2.24, 2.45) is 0 Å². The number of pyridine rings is 1. The summed E-state index contributed by atoms with van der Waals surface area (Å²) in [5.41, 5.74) is -1.48. The molecule has 0 bridgehead atoms. The van der Waals surface area contributed by atoms with Crippen molar-refractivity contribution in [2.45, 2.75) is 24.4 Å². The van der Waals surface area contributed by atoms with E-state index in [1.54, 1.807) is 12.1 Å². The van der Waals surface area contributed by atoms with Crippen LogP contribution in [0.5, 0.6) is 0 Å². The van der Waals surface area contributed by atoms with Crippen molar-refractivity contribution in [3.8, 4) is 0 Å². The van der Waals surface area contributed by atoms with Crippen molar-refractivity contribution in [1.82, 2.24) is 4.98 Å². The number of aromatic nitrogens is 1. The van der Waals surface area contributed by atoms with E-state index in [1.165, 1.54) is 12.3 Å². The Morgan fingerprint density at radius 3 is 2.31 bits per heavy atom. The van der Waals surface area contributed by atoms with Crippen LogP contribution in [0.15, 0.2) is 24.4 Å². The zero-order valence-electron chi connectivity index (χ0n) is 6.80. The van der Waals surface area contributed by atoms with E-state index < -0.39 is 11.6 Å². The minimum absolute atomic E-state index is 0.155. The molecule has 0 amide bonds. The largest absolute Gasteiger partial charge is 0.399 e. The number of halogens is 3. The molecule has 0 unspecified atom stereocenters. The Kier molecular flexibility index (Phi) is 1.62.